The van der Waals surface area contributed by atoms with E-state index in [1.807, 2.05) is 29.2 Å². The molecule has 204 valence electrons. The average Bonchev–Trinajstić information content (AvgIpc) is 2.97. The third-order valence-electron chi connectivity index (χ3n) is 7.07. The van der Waals surface area contributed by atoms with Crippen LogP contribution >= 0.6 is 0 Å². The van der Waals surface area contributed by atoms with Crippen molar-refractivity contribution in [2.45, 2.75) is 24.3 Å². The first-order valence-electron chi connectivity index (χ1n) is 12.9. The number of methoxy groups -OCH3 is 2. The molecule has 5 rings (SSSR count). The number of anilines is 1. The Balaban J connectivity index is 1.19. The Labute approximate surface area is 229 Å². The van der Waals surface area contributed by atoms with Crippen LogP contribution in [0.2, 0.25) is 0 Å². The van der Waals surface area contributed by atoms with Crippen LogP contribution in [-0.2, 0) is 23.0 Å². The average molecular weight is 549 g/mol. The van der Waals surface area contributed by atoms with Gasteiger partial charge in [0.2, 0.25) is 0 Å². The van der Waals surface area contributed by atoms with Gasteiger partial charge in [-0.1, -0.05) is 18.2 Å². The van der Waals surface area contributed by atoms with Gasteiger partial charge in [-0.25, -0.2) is 8.42 Å². The maximum Gasteiger partial charge on any atom is 0.264 e. The molecular formula is C29H32N4O5S. The summed E-state index contributed by atoms with van der Waals surface area (Å²) in [7, 11) is -0.555. The molecule has 9 nitrogen and oxygen atoms in total. The first-order valence-corrected chi connectivity index (χ1v) is 14.4. The van der Waals surface area contributed by atoms with Crippen molar-refractivity contribution in [2.75, 3.05) is 45.1 Å². The quantitative estimate of drug-likeness (QED) is 0.455. The summed E-state index contributed by atoms with van der Waals surface area (Å²) in [5.41, 5.74) is 3.39. The van der Waals surface area contributed by atoms with Gasteiger partial charge in [0, 0.05) is 61.8 Å². The lowest BCUT2D eigenvalue weighted by Crippen LogP contribution is -2.48. The summed E-state index contributed by atoms with van der Waals surface area (Å²) in [5, 5.41) is 0. The SMILES string of the molecule is COc1ccc(CN2CCN(C(=O)c3ccc(NS(=O)(=O)c4cccc5c4N=CCC5)cc3)CC2)c(OC)c1. The second kappa shape index (κ2) is 11.5. The van der Waals surface area contributed by atoms with E-state index in [4.69, 9.17) is 9.47 Å². The zero-order chi connectivity index (χ0) is 27.4. The predicted octanol–water partition coefficient (Wildman–Crippen LogP) is 4.11. The summed E-state index contributed by atoms with van der Waals surface area (Å²) < 4.78 is 39.6. The van der Waals surface area contributed by atoms with E-state index in [2.05, 4.69) is 14.6 Å². The number of carbonyl (C=O) groups excluding carboxylic acids is 1. The Morgan fingerprint density at radius 3 is 2.46 bits per heavy atom. The normalized spacial score (nSPS) is 15.5. The maximum absolute atomic E-state index is 13.1. The number of piperazine rings is 1. The molecule has 0 saturated carbocycles. The third-order valence-corrected chi connectivity index (χ3v) is 8.48. The number of nitrogens with one attached hydrogen (secondary N) is 1. The highest BCUT2D eigenvalue weighted by atomic mass is 32.2. The molecule has 0 radical (unpaired) electrons. The minimum Gasteiger partial charge on any atom is -0.497 e. The number of rotatable bonds is 8. The van der Waals surface area contributed by atoms with E-state index < -0.39 is 10.0 Å². The number of sulfonamides is 1. The van der Waals surface area contributed by atoms with Gasteiger partial charge < -0.3 is 14.4 Å². The lowest BCUT2D eigenvalue weighted by molar-refractivity contribution is 0.0627. The fraction of sp³-hybridized carbons (Fsp3) is 0.310. The fourth-order valence-electron chi connectivity index (χ4n) is 4.91. The van der Waals surface area contributed by atoms with Crippen molar-refractivity contribution in [3.05, 3.63) is 77.4 Å². The molecule has 1 saturated heterocycles. The molecule has 0 bridgehead atoms. The molecule has 3 aromatic rings. The van der Waals surface area contributed by atoms with Gasteiger partial charge in [-0.15, -0.1) is 0 Å². The highest BCUT2D eigenvalue weighted by molar-refractivity contribution is 7.92. The largest absolute Gasteiger partial charge is 0.497 e. The Morgan fingerprint density at radius 2 is 1.74 bits per heavy atom. The fourth-order valence-corrected chi connectivity index (χ4v) is 6.17. The molecule has 2 aliphatic rings. The number of aliphatic imine (C=N–C) groups is 1. The van der Waals surface area contributed by atoms with Crippen LogP contribution < -0.4 is 14.2 Å². The smallest absolute Gasteiger partial charge is 0.264 e. The number of fused-ring (bicyclic) bond motifs is 1. The van der Waals surface area contributed by atoms with Gasteiger partial charge in [0.25, 0.3) is 15.9 Å². The molecule has 3 aromatic carbocycles. The number of carbonyl (C=O) groups is 1. The molecule has 1 N–H and O–H groups in total. The number of benzene rings is 3. The van der Waals surface area contributed by atoms with E-state index in [0.29, 0.717) is 30.0 Å². The van der Waals surface area contributed by atoms with Crippen molar-refractivity contribution in [1.82, 2.24) is 9.80 Å². The van der Waals surface area contributed by atoms with E-state index in [1.165, 1.54) is 0 Å². The van der Waals surface area contributed by atoms with E-state index in [-0.39, 0.29) is 10.8 Å². The predicted molar refractivity (Wildman–Crippen MR) is 151 cm³/mol. The summed E-state index contributed by atoms with van der Waals surface area (Å²) in [4.78, 5) is 21.7. The van der Waals surface area contributed by atoms with Crippen molar-refractivity contribution in [3.63, 3.8) is 0 Å². The summed E-state index contributed by atoms with van der Waals surface area (Å²) >= 11 is 0. The minimum atomic E-state index is -3.83. The molecule has 0 atom stereocenters. The summed E-state index contributed by atoms with van der Waals surface area (Å²) in [6, 6.07) is 17.6. The van der Waals surface area contributed by atoms with Crippen LogP contribution in [0.25, 0.3) is 0 Å². The van der Waals surface area contributed by atoms with Crippen molar-refractivity contribution in [3.8, 4) is 11.5 Å². The van der Waals surface area contributed by atoms with E-state index in [1.54, 1.807) is 56.8 Å². The van der Waals surface area contributed by atoms with Crippen LogP contribution in [0.15, 0.2) is 70.6 Å². The lowest BCUT2D eigenvalue weighted by Gasteiger charge is -2.35. The van der Waals surface area contributed by atoms with Crippen LogP contribution in [0.3, 0.4) is 0 Å². The number of para-hydroxylation sites is 1. The zero-order valence-corrected chi connectivity index (χ0v) is 22.9. The minimum absolute atomic E-state index is 0.0717. The van der Waals surface area contributed by atoms with Gasteiger partial charge in [0.1, 0.15) is 16.4 Å². The monoisotopic (exact) mass is 548 g/mol. The molecule has 0 aromatic heterocycles. The molecule has 0 aliphatic carbocycles. The van der Waals surface area contributed by atoms with Gasteiger partial charge in [0.05, 0.1) is 19.9 Å². The summed E-state index contributed by atoms with van der Waals surface area (Å²) in [6.07, 6.45) is 3.31. The van der Waals surface area contributed by atoms with Crippen molar-refractivity contribution >= 4 is 33.5 Å². The van der Waals surface area contributed by atoms with E-state index >= 15 is 0 Å². The second-order valence-electron chi connectivity index (χ2n) is 9.54. The first-order chi connectivity index (χ1) is 18.9. The first kappa shape index (κ1) is 26.7. The Morgan fingerprint density at radius 1 is 0.974 bits per heavy atom. The number of hydrogen-bond acceptors (Lipinski definition) is 7. The van der Waals surface area contributed by atoms with Crippen LogP contribution in [0, 0.1) is 0 Å². The molecule has 10 heteroatoms. The molecule has 2 aliphatic heterocycles. The maximum atomic E-state index is 13.1. The van der Waals surface area contributed by atoms with Gasteiger partial charge in [0.15, 0.2) is 0 Å². The van der Waals surface area contributed by atoms with Gasteiger partial charge in [-0.05, 0) is 54.8 Å². The lowest BCUT2D eigenvalue weighted by atomic mass is 10.1. The van der Waals surface area contributed by atoms with E-state index in [9.17, 15) is 13.2 Å². The topological polar surface area (TPSA) is 101 Å². The van der Waals surface area contributed by atoms with E-state index in [0.717, 1.165) is 55.1 Å². The number of aryl methyl sites for hydroxylation is 1. The number of ether oxygens (including phenoxy) is 2. The molecule has 0 unspecified atom stereocenters. The third kappa shape index (κ3) is 5.91. The molecule has 0 spiro atoms. The standard InChI is InChI=1S/C29H32N4O5S/c1-37-25-13-10-23(26(19-25)38-2)20-32-15-17-33(18-16-32)29(34)22-8-11-24(12-9-22)31-39(35,36)27-7-3-5-21-6-4-14-30-28(21)27/h3,5,7-14,19,31H,4,6,15-18,20H2,1-2H3. The Kier molecular flexibility index (Phi) is 7.85. The van der Waals surface area contributed by atoms with Crippen molar-refractivity contribution in [1.29, 1.82) is 0 Å². The van der Waals surface area contributed by atoms with Crippen LogP contribution in [0.1, 0.15) is 27.9 Å². The van der Waals surface area contributed by atoms with Gasteiger partial charge in [-0.3, -0.25) is 19.4 Å². The molecular weight excluding hydrogens is 516 g/mol. The number of nitrogens with zero attached hydrogens (tertiary/aromatic N) is 3. The Hall–Kier alpha value is -3.89. The van der Waals surface area contributed by atoms with Crippen LogP contribution in [-0.4, -0.2) is 70.7 Å². The molecule has 2 heterocycles. The van der Waals surface area contributed by atoms with Crippen LogP contribution in [0.5, 0.6) is 11.5 Å². The summed E-state index contributed by atoms with van der Waals surface area (Å²) in [5.74, 6) is 1.46. The number of hydrogen-bond donors (Lipinski definition) is 1. The van der Waals surface area contributed by atoms with Crippen LogP contribution in [0.4, 0.5) is 11.4 Å². The second-order valence-corrected chi connectivity index (χ2v) is 11.2. The highest BCUT2D eigenvalue weighted by Crippen LogP contribution is 2.32. The zero-order valence-electron chi connectivity index (χ0n) is 22.1. The van der Waals surface area contributed by atoms with Crippen molar-refractivity contribution < 1.29 is 22.7 Å². The molecule has 1 fully saturated rings. The Bertz CT molecular complexity index is 1480. The van der Waals surface area contributed by atoms with Crippen molar-refractivity contribution in [2.24, 2.45) is 4.99 Å². The van der Waals surface area contributed by atoms with Gasteiger partial charge >= 0.3 is 0 Å². The highest BCUT2D eigenvalue weighted by Gasteiger charge is 2.24. The number of amides is 1. The van der Waals surface area contributed by atoms with Gasteiger partial charge in [-0.2, -0.15) is 0 Å². The molecule has 1 amide bonds. The molecule has 39 heavy (non-hydrogen) atoms. The summed E-state index contributed by atoms with van der Waals surface area (Å²) in [6.45, 7) is 3.40.